The molecule has 0 N–H and O–H groups in total. The van der Waals surface area contributed by atoms with E-state index in [1.54, 1.807) is 0 Å². The molecule has 0 bridgehead atoms. The highest BCUT2D eigenvalue weighted by Gasteiger charge is 2.31. The topological polar surface area (TPSA) is 134 Å². The molecule has 0 unspecified atom stereocenters. The van der Waals surface area contributed by atoms with Crippen molar-refractivity contribution < 1.29 is 17.9 Å². The van der Waals surface area contributed by atoms with Gasteiger partial charge in [-0.15, -0.1) is 0 Å². The molecule has 3 rings (SSSR count). The molecule has 0 amide bonds. The highest BCUT2D eigenvalue weighted by atomic mass is 35.7. The van der Waals surface area contributed by atoms with E-state index in [-0.39, 0.29) is 12.4 Å². The number of hydrogen-bond donors (Lipinski definition) is 0. The third-order valence-electron chi connectivity index (χ3n) is 2.87. The van der Waals surface area contributed by atoms with Crippen LogP contribution in [0, 0.1) is 10.1 Å². The van der Waals surface area contributed by atoms with Crippen molar-refractivity contribution in [3.63, 3.8) is 0 Å². The number of hydrogen-bond acceptors (Lipinski definition) is 8. The summed E-state index contributed by atoms with van der Waals surface area (Å²) in [5, 5.41) is 18.1. The van der Waals surface area contributed by atoms with Gasteiger partial charge in [-0.2, -0.15) is 9.67 Å². The summed E-state index contributed by atoms with van der Waals surface area (Å²) in [7, 11) is 0.873. The highest BCUT2D eigenvalue weighted by Crippen LogP contribution is 2.38. The first-order valence-corrected chi connectivity index (χ1v) is 8.14. The molecule has 1 aliphatic rings. The van der Waals surface area contributed by atoms with Gasteiger partial charge in [0.05, 0.1) is 11.3 Å². The van der Waals surface area contributed by atoms with Crippen LogP contribution in [0.15, 0.2) is 15.6 Å². The highest BCUT2D eigenvalue weighted by molar-refractivity contribution is 8.13. The number of nitrogens with zero attached hydrogens (tertiary/aromatic N) is 5. The minimum Gasteiger partial charge on any atom is -0.358 e. The Labute approximate surface area is 122 Å². The zero-order valence-corrected chi connectivity index (χ0v) is 11.9. The SMILES string of the molecule is O=[N+]([O-])c1nn(Cc2nc(C3CC3)no2)cc1S(=O)(=O)Cl. The summed E-state index contributed by atoms with van der Waals surface area (Å²) in [6.07, 6.45) is 2.96. The summed E-state index contributed by atoms with van der Waals surface area (Å²) < 4.78 is 28.6. The van der Waals surface area contributed by atoms with Gasteiger partial charge >= 0.3 is 5.82 Å². The summed E-state index contributed by atoms with van der Waals surface area (Å²) >= 11 is 0. The number of halogens is 1. The van der Waals surface area contributed by atoms with E-state index in [1.807, 2.05) is 0 Å². The third-order valence-corrected chi connectivity index (χ3v) is 4.18. The van der Waals surface area contributed by atoms with Crippen molar-refractivity contribution in [2.45, 2.75) is 30.2 Å². The molecule has 2 aromatic rings. The predicted octanol–water partition coefficient (Wildman–Crippen LogP) is 1.03. The fourth-order valence-electron chi connectivity index (χ4n) is 1.75. The molecule has 0 aromatic carbocycles. The van der Waals surface area contributed by atoms with Gasteiger partial charge in [-0.05, 0) is 17.8 Å². The summed E-state index contributed by atoms with van der Waals surface area (Å²) in [6.45, 7) is -0.0764. The summed E-state index contributed by atoms with van der Waals surface area (Å²) in [6, 6.07) is 0. The van der Waals surface area contributed by atoms with Crippen LogP contribution < -0.4 is 0 Å². The largest absolute Gasteiger partial charge is 0.410 e. The molecule has 1 aliphatic carbocycles. The average Bonchev–Trinajstić information content (AvgIpc) is 2.96. The van der Waals surface area contributed by atoms with Gasteiger partial charge in [0, 0.05) is 16.6 Å². The smallest absolute Gasteiger partial charge is 0.358 e. The van der Waals surface area contributed by atoms with Gasteiger partial charge in [-0.1, -0.05) is 5.16 Å². The molecular formula is C9H8ClN5O5S. The Morgan fingerprint density at radius 3 is 2.76 bits per heavy atom. The molecule has 2 heterocycles. The Kier molecular flexibility index (Phi) is 3.17. The summed E-state index contributed by atoms with van der Waals surface area (Å²) in [5.74, 6) is 0.227. The molecule has 0 aliphatic heterocycles. The van der Waals surface area contributed by atoms with Crippen LogP contribution in [-0.4, -0.2) is 33.3 Å². The van der Waals surface area contributed by atoms with Crippen molar-refractivity contribution in [2.75, 3.05) is 0 Å². The Bertz CT molecular complexity index is 808. The lowest BCUT2D eigenvalue weighted by Crippen LogP contribution is -2.01. The van der Waals surface area contributed by atoms with Crippen LogP contribution in [0.5, 0.6) is 0 Å². The third kappa shape index (κ3) is 2.88. The summed E-state index contributed by atoms with van der Waals surface area (Å²) in [5.41, 5.74) is 0. The Morgan fingerprint density at radius 2 is 2.24 bits per heavy atom. The second kappa shape index (κ2) is 4.77. The molecule has 112 valence electrons. The normalized spacial score (nSPS) is 15.3. The maximum Gasteiger partial charge on any atom is 0.410 e. The monoisotopic (exact) mass is 333 g/mol. The molecule has 0 saturated heterocycles. The zero-order valence-electron chi connectivity index (χ0n) is 10.3. The van der Waals surface area contributed by atoms with E-state index in [0.29, 0.717) is 11.7 Å². The van der Waals surface area contributed by atoms with E-state index in [2.05, 4.69) is 15.2 Å². The molecular weight excluding hydrogens is 326 g/mol. The van der Waals surface area contributed by atoms with Crippen molar-refractivity contribution in [2.24, 2.45) is 0 Å². The van der Waals surface area contributed by atoms with Crippen molar-refractivity contribution in [3.05, 3.63) is 28.0 Å². The van der Waals surface area contributed by atoms with E-state index in [0.717, 1.165) is 23.7 Å². The maximum atomic E-state index is 11.3. The molecule has 0 spiro atoms. The van der Waals surface area contributed by atoms with Gasteiger partial charge in [-0.3, -0.25) is 0 Å². The van der Waals surface area contributed by atoms with Gasteiger partial charge in [0.15, 0.2) is 5.82 Å². The first-order valence-electron chi connectivity index (χ1n) is 5.83. The van der Waals surface area contributed by atoms with Crippen molar-refractivity contribution in [3.8, 4) is 0 Å². The standard InChI is InChI=1S/C9H8ClN5O5S/c10-21(18,19)6-3-14(12-9(6)15(16)17)4-7-11-8(13-20-7)5-1-2-5/h3,5H,1-2,4H2. The van der Waals surface area contributed by atoms with Crippen LogP contribution in [0.25, 0.3) is 0 Å². The lowest BCUT2D eigenvalue weighted by Gasteiger charge is -1.89. The molecule has 21 heavy (non-hydrogen) atoms. The van der Waals surface area contributed by atoms with E-state index < -0.39 is 24.7 Å². The van der Waals surface area contributed by atoms with Gasteiger partial charge in [-0.25, -0.2) is 8.42 Å². The Morgan fingerprint density at radius 1 is 1.52 bits per heavy atom. The molecule has 10 nitrogen and oxygen atoms in total. The number of aromatic nitrogens is 4. The quantitative estimate of drug-likeness (QED) is 0.449. The lowest BCUT2D eigenvalue weighted by atomic mass is 10.4. The summed E-state index contributed by atoms with van der Waals surface area (Å²) in [4.78, 5) is 13.3. The lowest BCUT2D eigenvalue weighted by molar-refractivity contribution is -0.392. The minimum absolute atomic E-state index is 0.0764. The molecule has 12 heteroatoms. The Balaban J connectivity index is 1.89. The molecule has 0 radical (unpaired) electrons. The number of nitro groups is 1. The molecule has 1 saturated carbocycles. The fraction of sp³-hybridized carbons (Fsp3) is 0.444. The number of rotatable bonds is 5. The first kappa shape index (κ1) is 13.9. The maximum absolute atomic E-state index is 11.3. The van der Waals surface area contributed by atoms with Crippen LogP contribution in [0.3, 0.4) is 0 Å². The zero-order chi connectivity index (χ0) is 15.2. The van der Waals surface area contributed by atoms with Crippen molar-refractivity contribution in [1.82, 2.24) is 19.9 Å². The average molecular weight is 334 g/mol. The van der Waals surface area contributed by atoms with E-state index >= 15 is 0 Å². The van der Waals surface area contributed by atoms with Gasteiger partial charge in [0.25, 0.3) is 9.05 Å². The second-order valence-electron chi connectivity index (χ2n) is 4.53. The van der Waals surface area contributed by atoms with Gasteiger partial charge in [0.1, 0.15) is 6.54 Å². The van der Waals surface area contributed by atoms with Crippen molar-refractivity contribution in [1.29, 1.82) is 0 Å². The first-order chi connectivity index (χ1) is 9.84. The van der Waals surface area contributed by atoms with Crippen LogP contribution in [0.2, 0.25) is 0 Å². The van der Waals surface area contributed by atoms with Crippen LogP contribution in [0.1, 0.15) is 30.5 Å². The minimum atomic E-state index is -4.27. The van der Waals surface area contributed by atoms with Crippen LogP contribution >= 0.6 is 10.7 Å². The predicted molar refractivity (Wildman–Crippen MR) is 67.3 cm³/mol. The fourth-order valence-corrected chi connectivity index (χ4v) is 2.66. The van der Waals surface area contributed by atoms with E-state index in [1.165, 1.54) is 0 Å². The van der Waals surface area contributed by atoms with Crippen LogP contribution in [-0.2, 0) is 15.6 Å². The van der Waals surface area contributed by atoms with Gasteiger partial charge < -0.3 is 14.6 Å². The molecule has 1 fully saturated rings. The van der Waals surface area contributed by atoms with Crippen molar-refractivity contribution >= 4 is 25.6 Å². The molecule has 2 aromatic heterocycles. The van der Waals surface area contributed by atoms with E-state index in [4.69, 9.17) is 15.2 Å². The molecule has 0 atom stereocenters. The van der Waals surface area contributed by atoms with Crippen LogP contribution in [0.4, 0.5) is 5.82 Å². The Hall–Kier alpha value is -2.01. The van der Waals surface area contributed by atoms with E-state index in [9.17, 15) is 18.5 Å². The van der Waals surface area contributed by atoms with Gasteiger partial charge in [0.2, 0.25) is 10.8 Å². The second-order valence-corrected chi connectivity index (χ2v) is 7.06.